The standard InChI is InChI=1S/C15H23F3N4O2S/c1-19-14(20-9-4-10-21-25(3,23)24)22(2)11-12-5-7-13(8-6-12)15(16,17)18/h5-8,21H,4,9-11H2,1-3H3,(H,19,20). The number of benzene rings is 1. The molecule has 0 aliphatic carbocycles. The zero-order chi connectivity index (χ0) is 19.1. The maximum Gasteiger partial charge on any atom is 0.416 e. The predicted molar refractivity (Wildman–Crippen MR) is 91.7 cm³/mol. The van der Waals surface area contributed by atoms with Crippen LogP contribution in [0.25, 0.3) is 0 Å². The van der Waals surface area contributed by atoms with E-state index in [0.717, 1.165) is 24.0 Å². The number of hydrogen-bond donors (Lipinski definition) is 2. The molecule has 10 heteroatoms. The Balaban J connectivity index is 2.49. The molecular weight excluding hydrogens is 357 g/mol. The van der Waals surface area contributed by atoms with Crippen LogP contribution in [0.15, 0.2) is 29.3 Å². The van der Waals surface area contributed by atoms with Crippen molar-refractivity contribution in [2.45, 2.75) is 19.1 Å². The van der Waals surface area contributed by atoms with E-state index in [9.17, 15) is 21.6 Å². The van der Waals surface area contributed by atoms with Gasteiger partial charge in [-0.25, -0.2) is 13.1 Å². The SMILES string of the molecule is CN=C(NCCCNS(C)(=O)=O)N(C)Cc1ccc(C(F)(F)F)cc1. The molecule has 0 atom stereocenters. The molecule has 1 rings (SSSR count). The molecule has 0 spiro atoms. The molecule has 6 nitrogen and oxygen atoms in total. The van der Waals surface area contributed by atoms with Gasteiger partial charge in [-0.3, -0.25) is 4.99 Å². The van der Waals surface area contributed by atoms with Crippen LogP contribution >= 0.6 is 0 Å². The van der Waals surface area contributed by atoms with Crippen LogP contribution in [0, 0.1) is 0 Å². The van der Waals surface area contributed by atoms with Crippen molar-refractivity contribution in [2.75, 3.05) is 33.4 Å². The highest BCUT2D eigenvalue weighted by atomic mass is 32.2. The molecule has 0 saturated carbocycles. The second kappa shape index (κ2) is 9.04. The monoisotopic (exact) mass is 380 g/mol. The molecule has 0 radical (unpaired) electrons. The van der Waals surface area contributed by atoms with Crippen molar-refractivity contribution >= 4 is 16.0 Å². The normalized spacial score (nSPS) is 13.0. The second-order valence-electron chi connectivity index (χ2n) is 5.54. The summed E-state index contributed by atoms with van der Waals surface area (Å²) in [5, 5.41) is 3.07. The average molecular weight is 380 g/mol. The lowest BCUT2D eigenvalue weighted by molar-refractivity contribution is -0.137. The fourth-order valence-electron chi connectivity index (χ4n) is 2.08. The third kappa shape index (κ3) is 8.21. The van der Waals surface area contributed by atoms with Crippen LogP contribution in [0.3, 0.4) is 0 Å². The molecule has 1 aromatic rings. The van der Waals surface area contributed by atoms with Crippen LogP contribution in [0.1, 0.15) is 17.5 Å². The number of halogens is 3. The van der Waals surface area contributed by atoms with Crippen molar-refractivity contribution in [3.05, 3.63) is 35.4 Å². The molecular formula is C15H23F3N4O2S. The van der Waals surface area contributed by atoms with Gasteiger partial charge in [0.25, 0.3) is 0 Å². The highest BCUT2D eigenvalue weighted by Gasteiger charge is 2.29. The molecule has 0 heterocycles. The fraction of sp³-hybridized carbons (Fsp3) is 0.533. The molecule has 25 heavy (non-hydrogen) atoms. The Bertz CT molecular complexity index is 673. The van der Waals surface area contributed by atoms with Gasteiger partial charge in [0.1, 0.15) is 0 Å². The number of rotatable bonds is 7. The summed E-state index contributed by atoms with van der Waals surface area (Å²) in [6.45, 7) is 1.21. The summed E-state index contributed by atoms with van der Waals surface area (Å²) in [4.78, 5) is 5.87. The molecule has 0 amide bonds. The Hall–Kier alpha value is -1.81. The Morgan fingerprint density at radius 3 is 2.28 bits per heavy atom. The maximum atomic E-state index is 12.6. The number of sulfonamides is 1. The van der Waals surface area contributed by atoms with Crippen LogP contribution in [0.4, 0.5) is 13.2 Å². The van der Waals surface area contributed by atoms with Gasteiger partial charge in [-0.1, -0.05) is 12.1 Å². The first-order valence-electron chi connectivity index (χ1n) is 7.55. The quantitative estimate of drug-likeness (QED) is 0.429. The minimum atomic E-state index is -4.35. The molecule has 0 unspecified atom stereocenters. The molecule has 0 aliphatic rings. The largest absolute Gasteiger partial charge is 0.416 e. The van der Waals surface area contributed by atoms with Crippen LogP contribution in [-0.4, -0.2) is 52.7 Å². The van der Waals surface area contributed by atoms with Gasteiger partial charge in [0, 0.05) is 33.7 Å². The number of nitrogens with zero attached hydrogens (tertiary/aromatic N) is 2. The summed E-state index contributed by atoms with van der Waals surface area (Å²) in [5.41, 5.74) is 0.0389. The van der Waals surface area contributed by atoms with Gasteiger partial charge in [-0.2, -0.15) is 13.2 Å². The predicted octanol–water partition coefficient (Wildman–Crippen LogP) is 1.65. The summed E-state index contributed by atoms with van der Waals surface area (Å²) >= 11 is 0. The van der Waals surface area contributed by atoms with E-state index in [1.807, 2.05) is 0 Å². The summed E-state index contributed by atoms with van der Waals surface area (Å²) in [7, 11) is 0.163. The third-order valence-electron chi connectivity index (χ3n) is 3.28. The van der Waals surface area contributed by atoms with E-state index in [4.69, 9.17) is 0 Å². The van der Waals surface area contributed by atoms with E-state index in [2.05, 4.69) is 15.0 Å². The van der Waals surface area contributed by atoms with Gasteiger partial charge in [0.05, 0.1) is 11.8 Å². The van der Waals surface area contributed by atoms with E-state index in [1.165, 1.54) is 12.1 Å². The smallest absolute Gasteiger partial charge is 0.356 e. The Morgan fingerprint density at radius 1 is 1.20 bits per heavy atom. The van der Waals surface area contributed by atoms with Crippen molar-refractivity contribution in [2.24, 2.45) is 4.99 Å². The fourth-order valence-corrected chi connectivity index (χ4v) is 2.59. The van der Waals surface area contributed by atoms with E-state index < -0.39 is 21.8 Å². The van der Waals surface area contributed by atoms with E-state index in [0.29, 0.717) is 32.0 Å². The first-order valence-corrected chi connectivity index (χ1v) is 9.44. The molecule has 0 saturated heterocycles. The van der Waals surface area contributed by atoms with Crippen molar-refractivity contribution in [1.82, 2.24) is 14.9 Å². The Morgan fingerprint density at radius 2 is 1.80 bits per heavy atom. The lowest BCUT2D eigenvalue weighted by Gasteiger charge is -2.22. The average Bonchev–Trinajstić information content (AvgIpc) is 2.49. The van der Waals surface area contributed by atoms with E-state index in [1.54, 1.807) is 19.0 Å². The van der Waals surface area contributed by atoms with Gasteiger partial charge in [0.15, 0.2) is 5.96 Å². The van der Waals surface area contributed by atoms with Gasteiger partial charge in [-0.15, -0.1) is 0 Å². The van der Waals surface area contributed by atoms with Crippen LogP contribution in [-0.2, 0) is 22.7 Å². The summed E-state index contributed by atoms with van der Waals surface area (Å²) < 4.78 is 62.0. The molecule has 142 valence electrons. The molecule has 1 aromatic carbocycles. The van der Waals surface area contributed by atoms with Gasteiger partial charge in [-0.05, 0) is 24.1 Å². The first kappa shape index (κ1) is 21.2. The molecule has 0 aliphatic heterocycles. The topological polar surface area (TPSA) is 73.8 Å². The highest BCUT2D eigenvalue weighted by Crippen LogP contribution is 2.29. The summed E-state index contributed by atoms with van der Waals surface area (Å²) in [5.74, 6) is 0.569. The Kier molecular flexibility index (Phi) is 7.68. The third-order valence-corrected chi connectivity index (χ3v) is 4.00. The van der Waals surface area contributed by atoms with Crippen molar-refractivity contribution in [1.29, 1.82) is 0 Å². The highest BCUT2D eigenvalue weighted by molar-refractivity contribution is 7.88. The molecule has 0 bridgehead atoms. The van der Waals surface area contributed by atoms with Crippen molar-refractivity contribution in [3.8, 4) is 0 Å². The van der Waals surface area contributed by atoms with Gasteiger partial charge >= 0.3 is 6.18 Å². The lowest BCUT2D eigenvalue weighted by atomic mass is 10.1. The number of aliphatic imine (C=N–C) groups is 1. The second-order valence-corrected chi connectivity index (χ2v) is 7.38. The van der Waals surface area contributed by atoms with Crippen LogP contribution in [0.5, 0.6) is 0 Å². The summed E-state index contributed by atoms with van der Waals surface area (Å²) in [6, 6.07) is 4.97. The number of hydrogen-bond acceptors (Lipinski definition) is 3. The number of alkyl halides is 3. The first-order chi connectivity index (χ1) is 11.5. The zero-order valence-corrected chi connectivity index (χ0v) is 15.2. The lowest BCUT2D eigenvalue weighted by Crippen LogP contribution is -2.39. The van der Waals surface area contributed by atoms with Crippen molar-refractivity contribution < 1.29 is 21.6 Å². The molecule has 0 fully saturated rings. The molecule has 2 N–H and O–H groups in total. The van der Waals surface area contributed by atoms with Crippen LogP contribution < -0.4 is 10.0 Å². The van der Waals surface area contributed by atoms with E-state index in [-0.39, 0.29) is 0 Å². The van der Waals surface area contributed by atoms with E-state index >= 15 is 0 Å². The van der Waals surface area contributed by atoms with Gasteiger partial charge in [0.2, 0.25) is 10.0 Å². The minimum Gasteiger partial charge on any atom is -0.356 e. The zero-order valence-electron chi connectivity index (χ0n) is 14.4. The Labute approximate surface area is 146 Å². The van der Waals surface area contributed by atoms with Crippen LogP contribution in [0.2, 0.25) is 0 Å². The van der Waals surface area contributed by atoms with Gasteiger partial charge < -0.3 is 10.2 Å². The van der Waals surface area contributed by atoms with Crippen molar-refractivity contribution in [3.63, 3.8) is 0 Å². The summed E-state index contributed by atoms with van der Waals surface area (Å²) in [6.07, 6.45) is -2.68. The number of guanidine groups is 1. The molecule has 0 aromatic heterocycles. The number of nitrogens with one attached hydrogen (secondary N) is 2. The minimum absolute atomic E-state index is 0.311. The maximum absolute atomic E-state index is 12.6.